The lowest BCUT2D eigenvalue weighted by Gasteiger charge is -2.30. The van der Waals surface area contributed by atoms with E-state index in [2.05, 4.69) is 45.4 Å². The number of carbonyl (C=O) groups is 3. The van der Waals surface area contributed by atoms with Crippen LogP contribution < -0.4 is 10.6 Å². The van der Waals surface area contributed by atoms with E-state index in [1.807, 2.05) is 24.3 Å². The lowest BCUT2D eigenvalue weighted by atomic mass is 9.91. The predicted octanol–water partition coefficient (Wildman–Crippen LogP) is 2.04. The number of hydrogen-bond donors (Lipinski definition) is 3. The first-order valence-corrected chi connectivity index (χ1v) is 13.7. The Balaban J connectivity index is 1.32. The van der Waals surface area contributed by atoms with E-state index in [1.165, 1.54) is 0 Å². The molecule has 1 fully saturated rings. The highest BCUT2D eigenvalue weighted by molar-refractivity contribution is 14.1. The van der Waals surface area contributed by atoms with Gasteiger partial charge in [0.2, 0.25) is 11.8 Å². The Labute approximate surface area is 234 Å². The number of benzene rings is 2. The molecular weight excluding hydrogens is 603 g/mol. The Kier molecular flexibility index (Phi) is 8.12. The minimum absolute atomic E-state index is 0.0803. The van der Waals surface area contributed by atoms with E-state index in [-0.39, 0.29) is 44.4 Å². The fourth-order valence-electron chi connectivity index (χ4n) is 5.18. The SMILES string of the molecule is O=C(CCNC(=O)C1=CC2OC3(Cc4ccccc4C3)OC2C(OC(=O)c2ccccc2I)C1)NCCO. The summed E-state index contributed by atoms with van der Waals surface area (Å²) < 4.78 is 19.7. The zero-order valence-corrected chi connectivity index (χ0v) is 22.8. The average molecular weight is 632 g/mol. The molecule has 2 aliphatic carbocycles. The van der Waals surface area contributed by atoms with Crippen LogP contribution in [0.4, 0.5) is 0 Å². The quantitative estimate of drug-likeness (QED) is 0.301. The third-order valence-electron chi connectivity index (χ3n) is 6.93. The standard InChI is InChI=1S/C28H29IN2O7/c29-21-8-4-3-7-20(21)27(35)36-22-13-19(26(34)31-10-9-24(33)30-11-12-32)14-23-25(22)38-28(37-23)15-17-5-1-2-6-18(17)16-28/h1-8,14,22-23,25,32H,9-13,15-16H2,(H,30,33)(H,31,34). The Hall–Kier alpha value is -2.80. The van der Waals surface area contributed by atoms with Gasteiger partial charge in [0.1, 0.15) is 18.3 Å². The Morgan fingerprint density at radius 2 is 1.71 bits per heavy atom. The molecule has 0 bridgehead atoms. The molecule has 5 rings (SSSR count). The van der Waals surface area contributed by atoms with E-state index in [0.717, 1.165) is 14.7 Å². The molecule has 0 radical (unpaired) electrons. The Morgan fingerprint density at radius 3 is 2.42 bits per heavy atom. The van der Waals surface area contributed by atoms with Crippen LogP contribution in [0.1, 0.15) is 34.3 Å². The minimum Gasteiger partial charge on any atom is -0.455 e. The monoisotopic (exact) mass is 632 g/mol. The summed E-state index contributed by atoms with van der Waals surface area (Å²) in [6.45, 7) is 0.145. The molecule has 2 amide bonds. The van der Waals surface area contributed by atoms with Crippen LogP contribution in [0.2, 0.25) is 0 Å². The molecule has 1 aliphatic heterocycles. The number of aliphatic hydroxyl groups excluding tert-OH is 1. The van der Waals surface area contributed by atoms with Crippen molar-refractivity contribution in [2.75, 3.05) is 19.7 Å². The van der Waals surface area contributed by atoms with Crippen molar-refractivity contribution in [2.24, 2.45) is 0 Å². The highest BCUT2D eigenvalue weighted by Gasteiger charge is 2.55. The molecule has 1 spiro atoms. The van der Waals surface area contributed by atoms with Crippen molar-refractivity contribution >= 4 is 40.4 Å². The molecule has 3 atom stereocenters. The van der Waals surface area contributed by atoms with Crippen molar-refractivity contribution in [1.82, 2.24) is 10.6 Å². The summed E-state index contributed by atoms with van der Waals surface area (Å²) in [4.78, 5) is 38.0. The molecule has 1 heterocycles. The van der Waals surface area contributed by atoms with Gasteiger partial charge in [0, 0.05) is 47.9 Å². The van der Waals surface area contributed by atoms with Gasteiger partial charge in [-0.3, -0.25) is 9.59 Å². The van der Waals surface area contributed by atoms with Gasteiger partial charge in [-0.1, -0.05) is 36.4 Å². The van der Waals surface area contributed by atoms with Crippen molar-refractivity contribution in [2.45, 2.75) is 49.8 Å². The van der Waals surface area contributed by atoms with Crippen LogP contribution >= 0.6 is 22.6 Å². The zero-order valence-electron chi connectivity index (χ0n) is 20.7. The lowest BCUT2D eigenvalue weighted by Crippen LogP contribution is -2.44. The number of fused-ring (bicyclic) bond motifs is 2. The molecular formula is C28H29IN2O7. The zero-order chi connectivity index (χ0) is 26.7. The fraction of sp³-hybridized carbons (Fsp3) is 0.393. The predicted molar refractivity (Wildman–Crippen MR) is 145 cm³/mol. The van der Waals surface area contributed by atoms with Crippen molar-refractivity contribution in [3.05, 3.63) is 80.4 Å². The largest absolute Gasteiger partial charge is 0.455 e. The molecule has 9 nitrogen and oxygen atoms in total. The van der Waals surface area contributed by atoms with Crippen LogP contribution in [0.5, 0.6) is 0 Å². The van der Waals surface area contributed by atoms with Crippen molar-refractivity contribution in [3.8, 4) is 0 Å². The molecule has 3 aliphatic rings. The first kappa shape index (κ1) is 26.8. The first-order chi connectivity index (χ1) is 18.4. The van der Waals surface area contributed by atoms with E-state index >= 15 is 0 Å². The number of esters is 1. The summed E-state index contributed by atoms with van der Waals surface area (Å²) in [5.74, 6) is -1.98. The highest BCUT2D eigenvalue weighted by Crippen LogP contribution is 2.45. The molecule has 3 unspecified atom stereocenters. The third-order valence-corrected chi connectivity index (χ3v) is 7.87. The second kappa shape index (κ2) is 11.5. The molecule has 10 heteroatoms. The average Bonchev–Trinajstić information content (AvgIpc) is 3.45. The normalized spacial score (nSPS) is 22.8. The first-order valence-electron chi connectivity index (χ1n) is 12.6. The van der Waals surface area contributed by atoms with Crippen LogP contribution in [0.3, 0.4) is 0 Å². The van der Waals surface area contributed by atoms with Gasteiger partial charge in [0.05, 0.1) is 12.2 Å². The number of halogens is 1. The maximum atomic E-state index is 13.1. The minimum atomic E-state index is -0.877. The van der Waals surface area contributed by atoms with Crippen LogP contribution in [-0.2, 0) is 36.6 Å². The lowest BCUT2D eigenvalue weighted by molar-refractivity contribution is -0.172. The molecule has 1 saturated heterocycles. The van der Waals surface area contributed by atoms with E-state index in [9.17, 15) is 14.4 Å². The van der Waals surface area contributed by atoms with Crippen LogP contribution in [0, 0.1) is 3.57 Å². The van der Waals surface area contributed by atoms with Crippen molar-refractivity contribution < 1.29 is 33.7 Å². The van der Waals surface area contributed by atoms with Crippen LogP contribution in [0.25, 0.3) is 0 Å². The Bertz CT molecular complexity index is 1240. The van der Waals surface area contributed by atoms with Crippen molar-refractivity contribution in [3.63, 3.8) is 0 Å². The summed E-state index contributed by atoms with van der Waals surface area (Å²) in [5, 5.41) is 14.1. The molecule has 3 N–H and O–H groups in total. The van der Waals surface area contributed by atoms with Gasteiger partial charge in [0.25, 0.3) is 0 Å². The molecule has 2 aromatic rings. The van der Waals surface area contributed by atoms with E-state index in [0.29, 0.717) is 24.0 Å². The number of carbonyl (C=O) groups excluding carboxylic acids is 3. The smallest absolute Gasteiger partial charge is 0.339 e. The van der Waals surface area contributed by atoms with Gasteiger partial charge in [0.15, 0.2) is 5.79 Å². The summed E-state index contributed by atoms with van der Waals surface area (Å²) in [6, 6.07) is 15.2. The summed E-state index contributed by atoms with van der Waals surface area (Å²) in [7, 11) is 0. The third kappa shape index (κ3) is 5.78. The van der Waals surface area contributed by atoms with Gasteiger partial charge < -0.3 is 30.0 Å². The second-order valence-electron chi connectivity index (χ2n) is 9.60. The van der Waals surface area contributed by atoms with Crippen LogP contribution in [-0.4, -0.2) is 66.7 Å². The molecule has 2 aromatic carbocycles. The number of ether oxygens (including phenoxy) is 3. The van der Waals surface area contributed by atoms with Gasteiger partial charge in [-0.05, 0) is 51.9 Å². The topological polar surface area (TPSA) is 123 Å². The Morgan fingerprint density at radius 1 is 1.00 bits per heavy atom. The maximum Gasteiger partial charge on any atom is 0.339 e. The number of hydrogen-bond acceptors (Lipinski definition) is 7. The molecule has 0 saturated carbocycles. The highest BCUT2D eigenvalue weighted by atomic mass is 127. The number of amides is 2. The second-order valence-corrected chi connectivity index (χ2v) is 10.8. The van der Waals surface area contributed by atoms with Gasteiger partial charge in [-0.2, -0.15) is 0 Å². The van der Waals surface area contributed by atoms with Gasteiger partial charge in [-0.25, -0.2) is 4.79 Å². The number of nitrogens with one attached hydrogen (secondary N) is 2. The maximum absolute atomic E-state index is 13.1. The summed E-state index contributed by atoms with van der Waals surface area (Å²) in [6.07, 6.45) is 1.28. The van der Waals surface area contributed by atoms with Crippen molar-refractivity contribution in [1.29, 1.82) is 0 Å². The molecule has 200 valence electrons. The van der Waals surface area contributed by atoms with Crippen LogP contribution in [0.15, 0.2) is 60.2 Å². The van der Waals surface area contributed by atoms with E-state index in [4.69, 9.17) is 19.3 Å². The van der Waals surface area contributed by atoms with E-state index < -0.39 is 30.1 Å². The van der Waals surface area contributed by atoms with Gasteiger partial charge in [-0.15, -0.1) is 0 Å². The van der Waals surface area contributed by atoms with Gasteiger partial charge >= 0.3 is 5.97 Å². The summed E-state index contributed by atoms with van der Waals surface area (Å²) >= 11 is 2.09. The number of rotatable bonds is 8. The molecule has 0 aromatic heterocycles. The number of aliphatic hydroxyl groups is 1. The van der Waals surface area contributed by atoms with E-state index in [1.54, 1.807) is 18.2 Å². The summed E-state index contributed by atoms with van der Waals surface area (Å²) in [5.41, 5.74) is 3.17. The fourth-order valence-corrected chi connectivity index (χ4v) is 5.78. The molecule has 38 heavy (non-hydrogen) atoms.